The van der Waals surface area contributed by atoms with Crippen LogP contribution in [0.1, 0.15) is 59.0 Å². The predicted molar refractivity (Wildman–Crippen MR) is 127 cm³/mol. The third-order valence-electron chi connectivity index (χ3n) is 5.25. The average molecular weight is 447 g/mol. The van der Waals surface area contributed by atoms with E-state index in [0.717, 1.165) is 54.0 Å². The predicted octanol–water partition coefficient (Wildman–Crippen LogP) is 5.12. The molecule has 1 aliphatic carbocycles. The number of thiocarbonyl (C=S) groups is 1. The molecule has 0 aliphatic heterocycles. The minimum Gasteiger partial charge on any atom is -0.496 e. The van der Waals surface area contributed by atoms with Crippen LogP contribution in [-0.2, 0) is 24.0 Å². The second-order valence-corrected chi connectivity index (χ2v) is 8.80. The molecule has 2 N–H and O–H groups in total. The van der Waals surface area contributed by atoms with Crippen molar-refractivity contribution < 1.29 is 14.3 Å². The van der Waals surface area contributed by atoms with Crippen molar-refractivity contribution in [2.45, 2.75) is 51.9 Å². The molecule has 0 spiro atoms. The van der Waals surface area contributed by atoms with E-state index in [2.05, 4.69) is 16.7 Å². The Hall–Kier alpha value is -2.12. The van der Waals surface area contributed by atoms with Crippen LogP contribution in [0.2, 0.25) is 0 Å². The van der Waals surface area contributed by atoms with E-state index < -0.39 is 0 Å². The first kappa shape index (κ1) is 22.6. The van der Waals surface area contributed by atoms with Crippen molar-refractivity contribution in [2.24, 2.45) is 0 Å². The molecule has 30 heavy (non-hydrogen) atoms. The van der Waals surface area contributed by atoms with E-state index in [1.54, 1.807) is 18.4 Å². The van der Waals surface area contributed by atoms with E-state index >= 15 is 0 Å². The molecule has 162 valence electrons. The second-order valence-electron chi connectivity index (χ2n) is 7.29. The van der Waals surface area contributed by atoms with E-state index in [0.29, 0.717) is 23.8 Å². The summed E-state index contributed by atoms with van der Waals surface area (Å²) in [5.41, 5.74) is 2.95. The summed E-state index contributed by atoms with van der Waals surface area (Å²) in [4.78, 5) is 14.0. The quantitative estimate of drug-likeness (QED) is 0.455. The molecule has 1 aromatic heterocycles. The lowest BCUT2D eigenvalue weighted by atomic mass is 9.96. The number of benzene rings is 1. The fraction of sp³-hybridized carbons (Fsp3) is 0.478. The zero-order valence-electron chi connectivity index (χ0n) is 17.7. The maximum absolute atomic E-state index is 12.7. The van der Waals surface area contributed by atoms with E-state index in [1.807, 2.05) is 25.1 Å². The number of esters is 1. The number of ether oxygens (including phenoxy) is 2. The van der Waals surface area contributed by atoms with Gasteiger partial charge in [-0.25, -0.2) is 4.79 Å². The van der Waals surface area contributed by atoms with Gasteiger partial charge in [0.15, 0.2) is 5.11 Å². The lowest BCUT2D eigenvalue weighted by Crippen LogP contribution is -2.30. The zero-order valence-corrected chi connectivity index (χ0v) is 19.3. The van der Waals surface area contributed by atoms with Gasteiger partial charge < -0.3 is 20.1 Å². The molecule has 7 heteroatoms. The molecular weight excluding hydrogens is 416 g/mol. The molecule has 1 aromatic carbocycles. The first-order valence-electron chi connectivity index (χ1n) is 10.6. The van der Waals surface area contributed by atoms with Crippen LogP contribution in [0.3, 0.4) is 0 Å². The molecular formula is C23H30N2O3S2. The number of carbonyl (C=O) groups is 1. The minimum atomic E-state index is -0.255. The summed E-state index contributed by atoms with van der Waals surface area (Å²) in [5, 5.41) is 7.84. The van der Waals surface area contributed by atoms with Gasteiger partial charge in [-0.05, 0) is 68.4 Å². The number of thiophene rings is 1. The molecule has 0 saturated carbocycles. The Labute approximate surface area is 188 Å². The van der Waals surface area contributed by atoms with Crippen LogP contribution in [0.4, 0.5) is 5.00 Å². The smallest absolute Gasteiger partial charge is 0.341 e. The van der Waals surface area contributed by atoms with Crippen LogP contribution in [0.5, 0.6) is 5.75 Å². The molecule has 0 fully saturated rings. The van der Waals surface area contributed by atoms with Crippen LogP contribution in [0.25, 0.3) is 0 Å². The van der Waals surface area contributed by atoms with Crippen LogP contribution in [0.15, 0.2) is 24.3 Å². The number of hydrogen-bond donors (Lipinski definition) is 2. The molecule has 0 amide bonds. The summed E-state index contributed by atoms with van der Waals surface area (Å²) in [6, 6.07) is 7.97. The summed E-state index contributed by atoms with van der Waals surface area (Å²) >= 11 is 7.16. The Morgan fingerprint density at radius 1 is 1.17 bits per heavy atom. The monoisotopic (exact) mass is 446 g/mol. The fourth-order valence-electron chi connectivity index (χ4n) is 3.79. The molecule has 1 heterocycles. The molecule has 0 atom stereocenters. The SMILES string of the molecule is CCOC(=O)c1c(NC(=S)NCCc2ccccc2OC)sc2c1CCCCCC2. The first-order chi connectivity index (χ1) is 14.6. The number of anilines is 1. The summed E-state index contributed by atoms with van der Waals surface area (Å²) in [6.07, 6.45) is 7.46. The van der Waals surface area contributed by atoms with Gasteiger partial charge in [-0.15, -0.1) is 11.3 Å². The zero-order chi connectivity index (χ0) is 21.3. The number of carbonyl (C=O) groups excluding carboxylic acids is 1. The van der Waals surface area contributed by atoms with E-state index in [9.17, 15) is 4.79 Å². The van der Waals surface area contributed by atoms with Gasteiger partial charge in [0.25, 0.3) is 0 Å². The molecule has 5 nitrogen and oxygen atoms in total. The van der Waals surface area contributed by atoms with Crippen LogP contribution >= 0.6 is 23.6 Å². The van der Waals surface area contributed by atoms with Gasteiger partial charge in [-0.2, -0.15) is 0 Å². The highest BCUT2D eigenvalue weighted by Gasteiger charge is 2.25. The Balaban J connectivity index is 1.69. The normalized spacial score (nSPS) is 13.5. The van der Waals surface area contributed by atoms with Gasteiger partial charge in [0.05, 0.1) is 19.3 Å². The van der Waals surface area contributed by atoms with Crippen molar-refractivity contribution >= 4 is 39.6 Å². The van der Waals surface area contributed by atoms with Crippen molar-refractivity contribution in [3.63, 3.8) is 0 Å². The van der Waals surface area contributed by atoms with Crippen molar-refractivity contribution in [3.05, 3.63) is 45.8 Å². The number of fused-ring (bicyclic) bond motifs is 1. The lowest BCUT2D eigenvalue weighted by molar-refractivity contribution is 0.0526. The first-order valence-corrected chi connectivity index (χ1v) is 11.8. The average Bonchev–Trinajstić information content (AvgIpc) is 3.04. The van der Waals surface area contributed by atoms with Gasteiger partial charge in [0, 0.05) is 11.4 Å². The number of para-hydroxylation sites is 1. The number of nitrogens with one attached hydrogen (secondary N) is 2. The van der Waals surface area contributed by atoms with Gasteiger partial charge >= 0.3 is 5.97 Å². The van der Waals surface area contributed by atoms with E-state index in [-0.39, 0.29) is 5.97 Å². The molecule has 3 rings (SSSR count). The van der Waals surface area contributed by atoms with Crippen LogP contribution in [-0.4, -0.2) is 31.3 Å². The molecule has 0 saturated heterocycles. The largest absolute Gasteiger partial charge is 0.496 e. The highest BCUT2D eigenvalue weighted by molar-refractivity contribution is 7.80. The minimum absolute atomic E-state index is 0.255. The summed E-state index contributed by atoms with van der Waals surface area (Å²) in [6.45, 7) is 2.88. The van der Waals surface area contributed by atoms with Gasteiger partial charge in [0.1, 0.15) is 10.8 Å². The molecule has 1 aliphatic rings. The lowest BCUT2D eigenvalue weighted by Gasteiger charge is -2.13. The van der Waals surface area contributed by atoms with Crippen LogP contribution in [0, 0.1) is 0 Å². The van der Waals surface area contributed by atoms with Crippen molar-refractivity contribution in [1.29, 1.82) is 0 Å². The Morgan fingerprint density at radius 2 is 1.93 bits per heavy atom. The molecule has 0 unspecified atom stereocenters. The van der Waals surface area contributed by atoms with E-state index in [1.165, 1.54) is 17.7 Å². The number of aryl methyl sites for hydroxylation is 1. The van der Waals surface area contributed by atoms with Crippen LogP contribution < -0.4 is 15.4 Å². The topological polar surface area (TPSA) is 59.6 Å². The maximum atomic E-state index is 12.7. The Morgan fingerprint density at radius 3 is 2.70 bits per heavy atom. The van der Waals surface area contributed by atoms with Gasteiger partial charge in [0.2, 0.25) is 0 Å². The Kier molecular flexibility index (Phi) is 8.51. The highest BCUT2D eigenvalue weighted by atomic mass is 32.1. The van der Waals surface area contributed by atoms with E-state index in [4.69, 9.17) is 21.7 Å². The van der Waals surface area contributed by atoms with Crippen molar-refractivity contribution in [1.82, 2.24) is 5.32 Å². The van der Waals surface area contributed by atoms with Gasteiger partial charge in [-0.1, -0.05) is 31.0 Å². The third-order valence-corrected chi connectivity index (χ3v) is 6.70. The molecule has 0 radical (unpaired) electrons. The van der Waals surface area contributed by atoms with Crippen molar-refractivity contribution in [2.75, 3.05) is 25.6 Å². The molecule has 0 bridgehead atoms. The number of rotatable bonds is 7. The number of methoxy groups -OCH3 is 1. The fourth-order valence-corrected chi connectivity index (χ4v) is 5.34. The summed E-state index contributed by atoms with van der Waals surface area (Å²) in [5.74, 6) is 0.621. The highest BCUT2D eigenvalue weighted by Crippen LogP contribution is 2.37. The van der Waals surface area contributed by atoms with Crippen molar-refractivity contribution in [3.8, 4) is 5.75 Å². The Bertz CT molecular complexity index is 879. The summed E-state index contributed by atoms with van der Waals surface area (Å²) < 4.78 is 10.8. The molecule has 2 aromatic rings. The standard InChI is InChI=1S/C23H30N2O3S2/c1-3-28-22(26)20-17-11-6-4-5-7-13-19(17)30-21(20)25-23(29)24-15-14-16-10-8-9-12-18(16)27-2/h8-10,12H,3-7,11,13-15H2,1-2H3,(H2,24,25,29). The van der Waals surface area contributed by atoms with Gasteiger partial charge in [-0.3, -0.25) is 0 Å². The second kappa shape index (κ2) is 11.3. The number of hydrogen-bond acceptors (Lipinski definition) is 5. The third kappa shape index (κ3) is 5.73. The summed E-state index contributed by atoms with van der Waals surface area (Å²) in [7, 11) is 1.68. The maximum Gasteiger partial charge on any atom is 0.341 e.